The van der Waals surface area contributed by atoms with Gasteiger partial charge in [0, 0.05) is 37.7 Å². The first-order chi connectivity index (χ1) is 10.7. The first-order valence-corrected chi connectivity index (χ1v) is 8.27. The van der Waals surface area contributed by atoms with Gasteiger partial charge in [-0.1, -0.05) is 18.2 Å². The third kappa shape index (κ3) is 4.39. The van der Waals surface area contributed by atoms with Gasteiger partial charge in [-0.3, -0.25) is 4.79 Å². The molecule has 2 unspecified atom stereocenters. The SMILES string of the molecule is COc1ccccc1CN(C)C(=O)CC1CC2CCC(C1)N2.Cl. The molecule has 2 atom stereocenters. The topological polar surface area (TPSA) is 41.6 Å². The van der Waals surface area contributed by atoms with Gasteiger partial charge in [0.05, 0.1) is 7.11 Å². The molecule has 5 heteroatoms. The second kappa shape index (κ2) is 8.02. The summed E-state index contributed by atoms with van der Waals surface area (Å²) in [6.07, 6.45) is 5.56. The fraction of sp³-hybridized carbons (Fsp3) is 0.611. The van der Waals surface area contributed by atoms with Crippen LogP contribution in [0, 0.1) is 5.92 Å². The lowest BCUT2D eigenvalue weighted by atomic mass is 9.89. The summed E-state index contributed by atoms with van der Waals surface area (Å²) in [4.78, 5) is 14.3. The standard InChI is InChI=1S/C18H26N2O2.ClH/c1-20(12-14-5-3-4-6-17(14)22-2)18(21)11-13-9-15-7-8-16(10-13)19-15;/h3-6,13,15-16,19H,7-12H2,1-2H3;1H. The van der Waals surface area contributed by atoms with Crippen molar-refractivity contribution in [3.63, 3.8) is 0 Å². The Balaban J connectivity index is 0.00000192. The summed E-state index contributed by atoms with van der Waals surface area (Å²) < 4.78 is 5.37. The number of hydrogen-bond donors (Lipinski definition) is 1. The van der Waals surface area contributed by atoms with E-state index in [-0.39, 0.29) is 18.3 Å². The highest BCUT2D eigenvalue weighted by Gasteiger charge is 2.34. The number of halogens is 1. The van der Waals surface area contributed by atoms with Crippen molar-refractivity contribution in [3.05, 3.63) is 29.8 Å². The molecule has 23 heavy (non-hydrogen) atoms. The molecule has 2 aliphatic rings. The molecule has 2 aliphatic heterocycles. The van der Waals surface area contributed by atoms with Crippen LogP contribution in [0.1, 0.15) is 37.7 Å². The lowest BCUT2D eigenvalue weighted by Crippen LogP contribution is -2.39. The minimum Gasteiger partial charge on any atom is -0.496 e. The van der Waals surface area contributed by atoms with Crippen LogP contribution in [0.4, 0.5) is 0 Å². The summed E-state index contributed by atoms with van der Waals surface area (Å²) in [5.74, 6) is 1.64. The third-order valence-electron chi connectivity index (χ3n) is 5.06. The number of fused-ring (bicyclic) bond motifs is 2. The van der Waals surface area contributed by atoms with Crippen molar-refractivity contribution >= 4 is 18.3 Å². The van der Waals surface area contributed by atoms with Crippen LogP contribution >= 0.6 is 12.4 Å². The molecule has 2 fully saturated rings. The Morgan fingerprint density at radius 3 is 2.57 bits per heavy atom. The Hall–Kier alpha value is -1.26. The van der Waals surface area contributed by atoms with Gasteiger partial charge < -0.3 is 15.0 Å². The summed E-state index contributed by atoms with van der Waals surface area (Å²) in [5.41, 5.74) is 1.06. The van der Waals surface area contributed by atoms with Gasteiger partial charge in [0.1, 0.15) is 5.75 Å². The van der Waals surface area contributed by atoms with Crippen LogP contribution in [0.25, 0.3) is 0 Å². The second-order valence-electron chi connectivity index (χ2n) is 6.74. The second-order valence-corrected chi connectivity index (χ2v) is 6.74. The number of para-hydroxylation sites is 1. The third-order valence-corrected chi connectivity index (χ3v) is 5.06. The number of amides is 1. The maximum Gasteiger partial charge on any atom is 0.222 e. The van der Waals surface area contributed by atoms with Crippen molar-refractivity contribution in [2.24, 2.45) is 5.92 Å². The highest BCUT2D eigenvalue weighted by Crippen LogP contribution is 2.33. The number of piperidine rings is 1. The number of nitrogens with zero attached hydrogens (tertiary/aromatic N) is 1. The smallest absolute Gasteiger partial charge is 0.222 e. The van der Waals surface area contributed by atoms with Crippen LogP contribution in [0.5, 0.6) is 5.75 Å². The normalized spacial score (nSPS) is 25.6. The molecule has 2 bridgehead atoms. The Kier molecular flexibility index (Phi) is 6.31. The summed E-state index contributed by atoms with van der Waals surface area (Å²) in [5, 5.41) is 3.64. The Morgan fingerprint density at radius 1 is 1.26 bits per heavy atom. The van der Waals surface area contributed by atoms with E-state index >= 15 is 0 Å². The van der Waals surface area contributed by atoms with Crippen LogP contribution < -0.4 is 10.1 Å². The molecule has 1 aromatic carbocycles. The van der Waals surface area contributed by atoms with Crippen LogP contribution in [0.15, 0.2) is 24.3 Å². The van der Waals surface area contributed by atoms with E-state index in [2.05, 4.69) is 5.32 Å². The van der Waals surface area contributed by atoms with Crippen LogP contribution in [0.3, 0.4) is 0 Å². The summed E-state index contributed by atoms with van der Waals surface area (Å²) in [6, 6.07) is 9.20. The Labute approximate surface area is 145 Å². The molecular weight excluding hydrogens is 312 g/mol. The highest BCUT2D eigenvalue weighted by atomic mass is 35.5. The first kappa shape index (κ1) is 18.1. The molecule has 0 aliphatic carbocycles. The predicted octanol–water partition coefficient (Wildman–Crippen LogP) is 3.00. The zero-order valence-corrected chi connectivity index (χ0v) is 14.8. The van der Waals surface area contributed by atoms with E-state index in [4.69, 9.17) is 4.74 Å². The van der Waals surface area contributed by atoms with E-state index in [0.717, 1.165) is 24.2 Å². The summed E-state index contributed by atoms with van der Waals surface area (Å²) in [7, 11) is 3.57. The average molecular weight is 339 g/mol. The summed E-state index contributed by atoms with van der Waals surface area (Å²) in [6.45, 7) is 0.612. The fourth-order valence-electron chi connectivity index (χ4n) is 3.92. The molecule has 1 aromatic rings. The van der Waals surface area contributed by atoms with Crippen LogP contribution in [0.2, 0.25) is 0 Å². The molecule has 128 valence electrons. The molecule has 0 aromatic heterocycles. The van der Waals surface area contributed by atoms with Crippen molar-refractivity contribution < 1.29 is 9.53 Å². The van der Waals surface area contributed by atoms with Crippen molar-refractivity contribution in [3.8, 4) is 5.75 Å². The zero-order chi connectivity index (χ0) is 15.5. The van der Waals surface area contributed by atoms with Gasteiger partial charge in [0.15, 0.2) is 0 Å². The van der Waals surface area contributed by atoms with E-state index in [1.54, 1.807) is 7.11 Å². The van der Waals surface area contributed by atoms with E-state index in [1.165, 1.54) is 12.8 Å². The molecule has 0 saturated carbocycles. The molecular formula is C18H27ClN2O2. The number of carbonyl (C=O) groups is 1. The number of nitrogens with one attached hydrogen (secondary N) is 1. The highest BCUT2D eigenvalue weighted by molar-refractivity contribution is 5.85. The fourth-order valence-corrected chi connectivity index (χ4v) is 3.92. The monoisotopic (exact) mass is 338 g/mol. The van der Waals surface area contributed by atoms with Gasteiger partial charge >= 0.3 is 0 Å². The van der Waals surface area contributed by atoms with Gasteiger partial charge in [0.2, 0.25) is 5.91 Å². The molecule has 0 radical (unpaired) electrons. The van der Waals surface area contributed by atoms with Crippen molar-refractivity contribution in [2.75, 3.05) is 14.2 Å². The van der Waals surface area contributed by atoms with Gasteiger partial charge in [-0.15, -0.1) is 12.4 Å². The van der Waals surface area contributed by atoms with Crippen molar-refractivity contribution in [1.29, 1.82) is 0 Å². The molecule has 1 amide bonds. The van der Waals surface area contributed by atoms with Gasteiger partial charge in [-0.25, -0.2) is 0 Å². The predicted molar refractivity (Wildman–Crippen MR) is 94.0 cm³/mol. The lowest BCUT2D eigenvalue weighted by Gasteiger charge is -2.30. The number of benzene rings is 1. The van der Waals surface area contributed by atoms with Gasteiger partial charge in [-0.2, -0.15) is 0 Å². The molecule has 0 spiro atoms. The van der Waals surface area contributed by atoms with Crippen LogP contribution in [-0.4, -0.2) is 37.0 Å². The number of hydrogen-bond acceptors (Lipinski definition) is 3. The quantitative estimate of drug-likeness (QED) is 0.897. The Bertz CT molecular complexity index is 526. The molecule has 3 rings (SSSR count). The van der Waals surface area contributed by atoms with Gasteiger partial charge in [0.25, 0.3) is 0 Å². The number of rotatable bonds is 5. The summed E-state index contributed by atoms with van der Waals surface area (Å²) >= 11 is 0. The maximum atomic E-state index is 12.5. The number of methoxy groups -OCH3 is 1. The van der Waals surface area contributed by atoms with Crippen molar-refractivity contribution in [2.45, 2.75) is 50.7 Å². The molecule has 4 nitrogen and oxygen atoms in total. The number of ether oxygens (including phenoxy) is 1. The van der Waals surface area contributed by atoms with E-state index in [9.17, 15) is 4.79 Å². The van der Waals surface area contributed by atoms with Gasteiger partial charge in [-0.05, 0) is 37.7 Å². The average Bonchev–Trinajstić information content (AvgIpc) is 2.86. The van der Waals surface area contributed by atoms with E-state index in [0.29, 0.717) is 31.0 Å². The van der Waals surface area contributed by atoms with E-state index < -0.39 is 0 Å². The largest absolute Gasteiger partial charge is 0.496 e. The number of carbonyl (C=O) groups excluding carboxylic acids is 1. The molecule has 2 heterocycles. The first-order valence-electron chi connectivity index (χ1n) is 8.27. The minimum atomic E-state index is 0. The Morgan fingerprint density at radius 2 is 1.91 bits per heavy atom. The van der Waals surface area contributed by atoms with E-state index in [1.807, 2.05) is 36.2 Å². The zero-order valence-electron chi connectivity index (χ0n) is 14.0. The molecule has 2 saturated heterocycles. The van der Waals surface area contributed by atoms with Crippen molar-refractivity contribution in [1.82, 2.24) is 10.2 Å². The minimum absolute atomic E-state index is 0. The maximum absolute atomic E-state index is 12.5. The molecule has 1 N–H and O–H groups in total. The lowest BCUT2D eigenvalue weighted by molar-refractivity contribution is -0.131. The van der Waals surface area contributed by atoms with Crippen LogP contribution in [-0.2, 0) is 11.3 Å².